The van der Waals surface area contributed by atoms with Crippen LogP contribution >= 0.6 is 0 Å². The van der Waals surface area contributed by atoms with Crippen molar-refractivity contribution in [2.75, 3.05) is 6.61 Å². The lowest BCUT2D eigenvalue weighted by Gasteiger charge is -2.22. The molecule has 0 saturated heterocycles. The molecule has 0 aliphatic rings. The van der Waals surface area contributed by atoms with Crippen molar-refractivity contribution in [2.24, 2.45) is 0 Å². The van der Waals surface area contributed by atoms with Crippen LogP contribution in [0.5, 0.6) is 11.5 Å². The van der Waals surface area contributed by atoms with Gasteiger partial charge in [0.2, 0.25) is 0 Å². The fourth-order valence-corrected chi connectivity index (χ4v) is 3.28. The third-order valence-corrected chi connectivity index (χ3v) is 4.82. The first kappa shape index (κ1) is 22.0. The summed E-state index contributed by atoms with van der Waals surface area (Å²) in [6.07, 6.45) is 0.959. The van der Waals surface area contributed by atoms with Crippen molar-refractivity contribution >= 4 is 5.97 Å². The van der Waals surface area contributed by atoms with E-state index in [0.717, 1.165) is 16.9 Å². The van der Waals surface area contributed by atoms with Crippen LogP contribution in [0.3, 0.4) is 0 Å². The van der Waals surface area contributed by atoms with Crippen molar-refractivity contribution in [1.29, 1.82) is 0 Å². The van der Waals surface area contributed by atoms with Crippen LogP contribution in [0.4, 0.5) is 0 Å². The van der Waals surface area contributed by atoms with Gasteiger partial charge in [0.15, 0.2) is 0 Å². The molecule has 3 heteroatoms. The molecule has 0 amide bonds. The molecule has 0 aromatic heterocycles. The molecule has 0 aliphatic carbocycles. The Balaban J connectivity index is 1.86. The lowest BCUT2D eigenvalue weighted by molar-refractivity contribution is -0.134. The highest BCUT2D eigenvalue weighted by molar-refractivity contribution is 5.73. The predicted octanol–water partition coefficient (Wildman–Crippen LogP) is 6.49. The molecule has 0 radical (unpaired) electrons. The predicted molar refractivity (Wildman–Crippen MR) is 116 cm³/mol. The molecule has 0 bridgehead atoms. The molecule has 2 aromatic carbocycles. The van der Waals surface area contributed by atoms with Crippen LogP contribution in [0.1, 0.15) is 75.6 Å². The van der Waals surface area contributed by atoms with Crippen LogP contribution in [0.25, 0.3) is 0 Å². The topological polar surface area (TPSA) is 35.5 Å². The molecular formula is C25H34O3. The first-order valence-electron chi connectivity index (χ1n) is 10.1. The molecule has 0 unspecified atom stereocenters. The number of hydrogen-bond donors (Lipinski definition) is 0. The summed E-state index contributed by atoms with van der Waals surface area (Å²) >= 11 is 0. The van der Waals surface area contributed by atoms with Gasteiger partial charge in [0.05, 0.1) is 6.61 Å². The van der Waals surface area contributed by atoms with Crippen molar-refractivity contribution in [1.82, 2.24) is 0 Å². The van der Waals surface area contributed by atoms with E-state index < -0.39 is 0 Å². The van der Waals surface area contributed by atoms with Gasteiger partial charge in [0.25, 0.3) is 0 Å². The number of aryl methyl sites for hydroxylation is 2. The van der Waals surface area contributed by atoms with Gasteiger partial charge >= 0.3 is 5.97 Å². The number of carbonyl (C=O) groups excluding carboxylic acids is 1. The minimum atomic E-state index is -0.218. The van der Waals surface area contributed by atoms with E-state index >= 15 is 0 Å². The SMILES string of the molecule is Cc1ccc(OC(=O)CCCOc2ccc(C(C)C)c(C)c2)c(C(C)(C)C)c1. The Bertz CT molecular complexity index is 813. The molecule has 0 spiro atoms. The fourth-order valence-electron chi connectivity index (χ4n) is 3.28. The van der Waals surface area contributed by atoms with Crippen molar-refractivity contribution < 1.29 is 14.3 Å². The highest BCUT2D eigenvalue weighted by Gasteiger charge is 2.20. The second-order valence-corrected chi connectivity index (χ2v) is 8.85. The zero-order chi connectivity index (χ0) is 20.9. The number of benzene rings is 2. The highest BCUT2D eigenvalue weighted by Crippen LogP contribution is 2.32. The Labute approximate surface area is 170 Å². The summed E-state index contributed by atoms with van der Waals surface area (Å²) in [5, 5.41) is 0. The fraction of sp³-hybridized carbons (Fsp3) is 0.480. The number of hydrogen-bond acceptors (Lipinski definition) is 3. The van der Waals surface area contributed by atoms with E-state index in [-0.39, 0.29) is 11.4 Å². The first-order chi connectivity index (χ1) is 13.1. The van der Waals surface area contributed by atoms with Gasteiger partial charge in [-0.2, -0.15) is 0 Å². The van der Waals surface area contributed by atoms with Crippen LogP contribution in [0.2, 0.25) is 0 Å². The molecule has 152 valence electrons. The smallest absolute Gasteiger partial charge is 0.311 e. The maximum atomic E-state index is 12.3. The Kier molecular flexibility index (Phi) is 7.29. The van der Waals surface area contributed by atoms with E-state index in [1.165, 1.54) is 11.1 Å². The van der Waals surface area contributed by atoms with Crippen LogP contribution in [-0.4, -0.2) is 12.6 Å². The summed E-state index contributed by atoms with van der Waals surface area (Å²) in [5.41, 5.74) is 4.71. The summed E-state index contributed by atoms with van der Waals surface area (Å²) in [6, 6.07) is 12.1. The Morgan fingerprint density at radius 2 is 1.75 bits per heavy atom. The van der Waals surface area contributed by atoms with E-state index in [4.69, 9.17) is 9.47 Å². The average molecular weight is 383 g/mol. The van der Waals surface area contributed by atoms with Gasteiger partial charge in [-0.1, -0.05) is 58.4 Å². The van der Waals surface area contributed by atoms with Crippen molar-refractivity contribution in [3.63, 3.8) is 0 Å². The van der Waals surface area contributed by atoms with Crippen LogP contribution in [0.15, 0.2) is 36.4 Å². The first-order valence-corrected chi connectivity index (χ1v) is 10.1. The monoisotopic (exact) mass is 382 g/mol. The van der Waals surface area contributed by atoms with E-state index in [1.54, 1.807) is 0 Å². The summed E-state index contributed by atoms with van der Waals surface area (Å²) in [4.78, 5) is 12.3. The minimum Gasteiger partial charge on any atom is -0.494 e. The molecular weight excluding hydrogens is 348 g/mol. The summed E-state index contributed by atoms with van der Waals surface area (Å²) in [6.45, 7) is 15.4. The van der Waals surface area contributed by atoms with Crippen molar-refractivity contribution in [3.05, 3.63) is 58.7 Å². The van der Waals surface area contributed by atoms with Gasteiger partial charge in [-0.05, 0) is 60.9 Å². The molecule has 28 heavy (non-hydrogen) atoms. The third-order valence-electron chi connectivity index (χ3n) is 4.82. The zero-order valence-corrected chi connectivity index (χ0v) is 18.4. The molecule has 0 N–H and O–H groups in total. The molecule has 2 aromatic rings. The maximum Gasteiger partial charge on any atom is 0.311 e. The lowest BCUT2D eigenvalue weighted by atomic mass is 9.85. The number of carbonyl (C=O) groups is 1. The summed E-state index contributed by atoms with van der Waals surface area (Å²) < 4.78 is 11.5. The van der Waals surface area contributed by atoms with Crippen LogP contribution in [0, 0.1) is 13.8 Å². The van der Waals surface area contributed by atoms with Gasteiger partial charge < -0.3 is 9.47 Å². The van der Waals surface area contributed by atoms with Crippen LogP contribution < -0.4 is 9.47 Å². The van der Waals surface area contributed by atoms with Gasteiger partial charge in [0.1, 0.15) is 11.5 Å². The largest absolute Gasteiger partial charge is 0.494 e. The molecule has 0 fully saturated rings. The molecule has 0 heterocycles. The van der Waals surface area contributed by atoms with E-state index in [0.29, 0.717) is 31.1 Å². The van der Waals surface area contributed by atoms with Crippen molar-refractivity contribution in [3.8, 4) is 11.5 Å². The molecule has 0 atom stereocenters. The van der Waals surface area contributed by atoms with Crippen molar-refractivity contribution in [2.45, 2.75) is 72.6 Å². The molecule has 0 saturated carbocycles. The third kappa shape index (κ3) is 6.12. The van der Waals surface area contributed by atoms with Gasteiger partial charge in [-0.15, -0.1) is 0 Å². The maximum absolute atomic E-state index is 12.3. The highest BCUT2D eigenvalue weighted by atomic mass is 16.5. The summed E-state index contributed by atoms with van der Waals surface area (Å²) in [5.74, 6) is 1.79. The number of ether oxygens (including phenoxy) is 2. The lowest BCUT2D eigenvalue weighted by Crippen LogP contribution is -2.17. The summed E-state index contributed by atoms with van der Waals surface area (Å²) in [7, 11) is 0. The Hall–Kier alpha value is -2.29. The van der Waals surface area contributed by atoms with E-state index in [2.05, 4.69) is 59.7 Å². The Morgan fingerprint density at radius 1 is 1.04 bits per heavy atom. The zero-order valence-electron chi connectivity index (χ0n) is 18.4. The van der Waals surface area contributed by atoms with E-state index in [1.807, 2.05) is 25.1 Å². The molecule has 0 aliphatic heterocycles. The quantitative estimate of drug-likeness (QED) is 0.312. The van der Waals surface area contributed by atoms with Gasteiger partial charge in [0, 0.05) is 12.0 Å². The standard InChI is InChI=1S/C25H34O3/c1-17(2)21-12-11-20(16-19(21)4)27-14-8-9-24(26)28-23-13-10-18(3)15-22(23)25(5,6)7/h10-13,15-17H,8-9,14H2,1-7H3. The van der Waals surface area contributed by atoms with Gasteiger partial charge in [-0.3, -0.25) is 4.79 Å². The second-order valence-electron chi connectivity index (χ2n) is 8.85. The van der Waals surface area contributed by atoms with E-state index in [9.17, 15) is 4.79 Å². The molecule has 3 nitrogen and oxygen atoms in total. The normalized spacial score (nSPS) is 11.6. The second kappa shape index (κ2) is 9.27. The van der Waals surface area contributed by atoms with Crippen LogP contribution in [-0.2, 0) is 10.2 Å². The van der Waals surface area contributed by atoms with Gasteiger partial charge in [-0.25, -0.2) is 0 Å². The molecule has 2 rings (SSSR count). The number of esters is 1. The average Bonchev–Trinajstić information content (AvgIpc) is 2.59. The number of rotatable bonds is 7. The minimum absolute atomic E-state index is 0.0786. The Morgan fingerprint density at radius 3 is 2.36 bits per heavy atom.